The van der Waals surface area contributed by atoms with E-state index in [0.29, 0.717) is 6.54 Å². The summed E-state index contributed by atoms with van der Waals surface area (Å²) in [4.78, 5) is 35.4. The van der Waals surface area contributed by atoms with Crippen LogP contribution in [0.25, 0.3) is 0 Å². The highest BCUT2D eigenvalue weighted by molar-refractivity contribution is 5.98. The van der Waals surface area contributed by atoms with Crippen LogP contribution in [0.2, 0.25) is 0 Å². The summed E-state index contributed by atoms with van der Waals surface area (Å²) in [6.45, 7) is 1.57. The molecule has 0 saturated carbocycles. The summed E-state index contributed by atoms with van der Waals surface area (Å²) in [6, 6.07) is 2.99. The van der Waals surface area contributed by atoms with Crippen molar-refractivity contribution in [3.8, 4) is 5.75 Å². The molecule has 1 aliphatic rings. The number of nitrogens with zero attached hydrogens (tertiary/aromatic N) is 1. The van der Waals surface area contributed by atoms with Gasteiger partial charge in [-0.3, -0.25) is 14.5 Å². The van der Waals surface area contributed by atoms with Crippen LogP contribution in [0.1, 0.15) is 17.3 Å². The van der Waals surface area contributed by atoms with Gasteiger partial charge in [0.05, 0.1) is 5.56 Å². The second-order valence-electron chi connectivity index (χ2n) is 4.26. The van der Waals surface area contributed by atoms with Crippen molar-refractivity contribution in [3.05, 3.63) is 29.6 Å². The predicted molar refractivity (Wildman–Crippen MR) is 67.0 cm³/mol. The predicted octanol–water partition coefficient (Wildman–Crippen LogP) is 0.959. The fourth-order valence-corrected chi connectivity index (χ4v) is 1.83. The molecule has 0 atom stereocenters. The largest absolute Gasteiger partial charge is 0.483 e. The number of carbonyl (C=O) groups excluding carboxylic acids is 3. The number of ketones is 1. The van der Waals surface area contributed by atoms with E-state index in [1.807, 2.05) is 0 Å². The molecular formula is C13H13FN2O4. The molecule has 106 valence electrons. The van der Waals surface area contributed by atoms with Gasteiger partial charge in [-0.05, 0) is 25.1 Å². The maximum atomic E-state index is 13.1. The smallest absolute Gasteiger partial charge is 0.324 e. The molecule has 3 amide bonds. The minimum atomic E-state index is -0.562. The summed E-state index contributed by atoms with van der Waals surface area (Å²) in [7, 11) is 0. The normalized spacial score (nSPS) is 14.1. The van der Waals surface area contributed by atoms with E-state index in [9.17, 15) is 18.8 Å². The number of Topliss-reactive ketones (excluding diaryl/α,β-unsaturated/α-hetero) is 1. The number of hydrogen-bond donors (Lipinski definition) is 1. The Hall–Kier alpha value is -2.44. The molecule has 1 heterocycles. The molecule has 20 heavy (non-hydrogen) atoms. The highest BCUT2D eigenvalue weighted by Crippen LogP contribution is 2.20. The zero-order valence-electron chi connectivity index (χ0n) is 10.8. The quantitative estimate of drug-likeness (QED) is 0.833. The number of benzene rings is 1. The third-order valence-corrected chi connectivity index (χ3v) is 2.83. The van der Waals surface area contributed by atoms with Gasteiger partial charge in [0.2, 0.25) is 0 Å². The molecule has 0 aromatic heterocycles. The summed E-state index contributed by atoms with van der Waals surface area (Å²) in [6.07, 6.45) is 0. The van der Waals surface area contributed by atoms with Gasteiger partial charge >= 0.3 is 6.03 Å². The maximum Gasteiger partial charge on any atom is 0.324 e. The monoisotopic (exact) mass is 280 g/mol. The fourth-order valence-electron chi connectivity index (χ4n) is 1.83. The van der Waals surface area contributed by atoms with Gasteiger partial charge in [-0.25, -0.2) is 9.18 Å². The van der Waals surface area contributed by atoms with Crippen LogP contribution in [0.4, 0.5) is 9.18 Å². The van der Waals surface area contributed by atoms with Crippen molar-refractivity contribution in [3.63, 3.8) is 0 Å². The average Bonchev–Trinajstić information content (AvgIpc) is 2.83. The number of ether oxygens (including phenoxy) is 1. The highest BCUT2D eigenvalue weighted by atomic mass is 19.1. The molecule has 0 radical (unpaired) electrons. The second-order valence-corrected chi connectivity index (χ2v) is 4.26. The Balaban J connectivity index is 2.05. The van der Waals surface area contributed by atoms with Crippen molar-refractivity contribution in [2.45, 2.75) is 6.92 Å². The highest BCUT2D eigenvalue weighted by Gasteiger charge is 2.26. The van der Waals surface area contributed by atoms with E-state index in [0.717, 1.165) is 17.0 Å². The van der Waals surface area contributed by atoms with Crippen molar-refractivity contribution in [1.29, 1.82) is 0 Å². The van der Waals surface area contributed by atoms with E-state index in [1.54, 1.807) is 0 Å². The number of rotatable bonds is 4. The van der Waals surface area contributed by atoms with Crippen LogP contribution in [0.15, 0.2) is 18.2 Å². The number of hydrogen-bond acceptors (Lipinski definition) is 4. The van der Waals surface area contributed by atoms with E-state index < -0.39 is 17.8 Å². The van der Waals surface area contributed by atoms with Crippen LogP contribution in [0.5, 0.6) is 5.75 Å². The number of urea groups is 1. The van der Waals surface area contributed by atoms with Crippen LogP contribution in [-0.2, 0) is 4.79 Å². The lowest BCUT2D eigenvalue weighted by atomic mass is 10.1. The summed E-state index contributed by atoms with van der Waals surface area (Å²) in [5.41, 5.74) is 0.0590. The molecule has 1 saturated heterocycles. The van der Waals surface area contributed by atoms with E-state index in [1.165, 1.54) is 13.0 Å². The fraction of sp³-hybridized carbons (Fsp3) is 0.308. The number of carbonyl (C=O) groups is 3. The molecular weight excluding hydrogens is 267 g/mol. The first-order valence-corrected chi connectivity index (χ1v) is 6.00. The number of amides is 3. The van der Waals surface area contributed by atoms with Crippen LogP contribution in [0, 0.1) is 5.82 Å². The molecule has 0 spiro atoms. The molecule has 0 aliphatic carbocycles. The zero-order valence-corrected chi connectivity index (χ0v) is 10.8. The Bertz CT molecular complexity index is 573. The number of imide groups is 1. The first-order chi connectivity index (χ1) is 9.49. The van der Waals surface area contributed by atoms with Gasteiger partial charge in [-0.1, -0.05) is 0 Å². The van der Waals surface area contributed by atoms with Gasteiger partial charge in [0.15, 0.2) is 12.4 Å². The van der Waals surface area contributed by atoms with Gasteiger partial charge in [0, 0.05) is 13.1 Å². The van der Waals surface area contributed by atoms with Crippen molar-refractivity contribution in [2.24, 2.45) is 0 Å². The first-order valence-electron chi connectivity index (χ1n) is 6.00. The number of halogens is 1. The van der Waals surface area contributed by atoms with Crippen molar-refractivity contribution in [2.75, 3.05) is 19.7 Å². The topological polar surface area (TPSA) is 75.7 Å². The third kappa shape index (κ3) is 2.93. The molecule has 2 rings (SSSR count). The van der Waals surface area contributed by atoms with E-state index in [-0.39, 0.29) is 30.2 Å². The average molecular weight is 280 g/mol. The maximum absolute atomic E-state index is 13.1. The van der Waals surface area contributed by atoms with Gasteiger partial charge in [0.1, 0.15) is 11.6 Å². The van der Waals surface area contributed by atoms with Crippen molar-refractivity contribution < 1.29 is 23.5 Å². The lowest BCUT2D eigenvalue weighted by molar-refractivity contribution is -0.129. The van der Waals surface area contributed by atoms with Crippen molar-refractivity contribution >= 4 is 17.7 Å². The van der Waals surface area contributed by atoms with Crippen LogP contribution in [0.3, 0.4) is 0 Å². The van der Waals surface area contributed by atoms with E-state index >= 15 is 0 Å². The molecule has 1 aromatic carbocycles. The molecule has 6 nitrogen and oxygen atoms in total. The summed E-state index contributed by atoms with van der Waals surface area (Å²) < 4.78 is 18.3. The van der Waals surface area contributed by atoms with Crippen LogP contribution >= 0.6 is 0 Å². The molecule has 1 aromatic rings. The molecule has 1 aliphatic heterocycles. The lowest BCUT2D eigenvalue weighted by Crippen LogP contribution is -2.37. The van der Waals surface area contributed by atoms with E-state index in [4.69, 9.17) is 4.74 Å². The van der Waals surface area contributed by atoms with Crippen LogP contribution < -0.4 is 10.1 Å². The molecule has 1 N–H and O–H groups in total. The van der Waals surface area contributed by atoms with Crippen molar-refractivity contribution in [1.82, 2.24) is 10.2 Å². The lowest BCUT2D eigenvalue weighted by Gasteiger charge is -2.14. The second kappa shape index (κ2) is 5.68. The zero-order chi connectivity index (χ0) is 14.7. The first kappa shape index (κ1) is 14.0. The molecule has 1 fully saturated rings. The van der Waals surface area contributed by atoms with Crippen LogP contribution in [-0.4, -0.2) is 42.3 Å². The summed E-state index contributed by atoms with van der Waals surface area (Å²) in [5.74, 6) is -1.33. The molecule has 7 heteroatoms. The van der Waals surface area contributed by atoms with Gasteiger partial charge < -0.3 is 10.1 Å². The summed E-state index contributed by atoms with van der Waals surface area (Å²) in [5, 5.41) is 2.49. The number of nitrogens with one attached hydrogen (secondary N) is 1. The Kier molecular flexibility index (Phi) is 3.97. The molecule has 0 bridgehead atoms. The third-order valence-electron chi connectivity index (χ3n) is 2.83. The minimum Gasteiger partial charge on any atom is -0.483 e. The Morgan fingerprint density at radius 1 is 1.45 bits per heavy atom. The molecule has 0 unspecified atom stereocenters. The SMILES string of the molecule is CC(=O)c1cc(F)ccc1OCC(=O)N1CCNC1=O. The summed E-state index contributed by atoms with van der Waals surface area (Å²) >= 11 is 0. The Morgan fingerprint density at radius 3 is 2.80 bits per heavy atom. The minimum absolute atomic E-state index is 0.0590. The Labute approximate surface area is 114 Å². The Morgan fingerprint density at radius 2 is 2.20 bits per heavy atom. The van der Waals surface area contributed by atoms with E-state index in [2.05, 4.69) is 5.32 Å². The standard InChI is InChI=1S/C13H13FN2O4/c1-8(17)10-6-9(14)2-3-11(10)20-7-12(18)16-5-4-15-13(16)19/h2-3,6H,4-5,7H2,1H3,(H,15,19). The van der Waals surface area contributed by atoms with Gasteiger partial charge in [0.25, 0.3) is 5.91 Å². The van der Waals surface area contributed by atoms with Gasteiger partial charge in [-0.15, -0.1) is 0 Å². The van der Waals surface area contributed by atoms with Gasteiger partial charge in [-0.2, -0.15) is 0 Å².